The fraction of sp³-hybridized carbons (Fsp3) is 0.429. The zero-order valence-corrected chi connectivity index (χ0v) is 11.9. The summed E-state index contributed by atoms with van der Waals surface area (Å²) in [5.41, 5.74) is 1.12. The van der Waals surface area contributed by atoms with Gasteiger partial charge in [-0.25, -0.2) is 0 Å². The van der Waals surface area contributed by atoms with Crippen LogP contribution in [0.2, 0.25) is 5.02 Å². The van der Waals surface area contributed by atoms with E-state index in [0.717, 1.165) is 42.4 Å². The fourth-order valence-electron chi connectivity index (χ4n) is 2.32. The third-order valence-corrected chi connectivity index (χ3v) is 3.74. The summed E-state index contributed by atoms with van der Waals surface area (Å²) in [5.74, 6) is 1.12. The lowest BCUT2D eigenvalue weighted by Gasteiger charge is -2.18. The number of anilines is 1. The second-order valence-corrected chi connectivity index (χ2v) is 5.39. The Morgan fingerprint density at radius 1 is 1.20 bits per heavy atom. The summed E-state index contributed by atoms with van der Waals surface area (Å²) in [7, 11) is 0. The molecule has 0 saturated carbocycles. The van der Waals surface area contributed by atoms with Gasteiger partial charge in [0.05, 0.1) is 0 Å². The molecule has 1 aliphatic rings. The summed E-state index contributed by atoms with van der Waals surface area (Å²) < 4.78 is 5.68. The van der Waals surface area contributed by atoms with Gasteiger partial charge in [0.1, 0.15) is 0 Å². The number of halogens is 1. The van der Waals surface area contributed by atoms with Crippen molar-refractivity contribution in [3.63, 3.8) is 0 Å². The average molecular weight is 293 g/mol. The van der Waals surface area contributed by atoms with Gasteiger partial charge < -0.3 is 15.1 Å². The summed E-state index contributed by atoms with van der Waals surface area (Å²) in [5, 5.41) is 15.4. The molecule has 0 atom stereocenters. The molecule has 1 aliphatic heterocycles. The lowest BCUT2D eigenvalue weighted by atomic mass is 9.98. The maximum atomic E-state index is 5.85. The van der Waals surface area contributed by atoms with E-state index >= 15 is 0 Å². The van der Waals surface area contributed by atoms with Crippen LogP contribution in [-0.4, -0.2) is 23.3 Å². The Bertz CT molecular complexity index is 549. The first-order valence-electron chi connectivity index (χ1n) is 6.84. The molecular formula is C14H17ClN4O. The van der Waals surface area contributed by atoms with Gasteiger partial charge in [-0.2, -0.15) is 0 Å². The minimum atomic E-state index is 0.384. The van der Waals surface area contributed by atoms with Gasteiger partial charge in [-0.05, 0) is 43.6 Å². The largest absolute Gasteiger partial charge is 0.408 e. The third kappa shape index (κ3) is 3.29. The van der Waals surface area contributed by atoms with Gasteiger partial charge in [0, 0.05) is 17.5 Å². The zero-order chi connectivity index (χ0) is 13.8. The Morgan fingerprint density at radius 2 is 1.95 bits per heavy atom. The van der Waals surface area contributed by atoms with Crippen molar-refractivity contribution in [1.82, 2.24) is 15.5 Å². The highest BCUT2D eigenvalue weighted by Crippen LogP contribution is 2.25. The van der Waals surface area contributed by atoms with Gasteiger partial charge in [-0.3, -0.25) is 0 Å². The van der Waals surface area contributed by atoms with Crippen LogP contribution in [0, 0.1) is 0 Å². The predicted molar refractivity (Wildman–Crippen MR) is 77.9 cm³/mol. The van der Waals surface area contributed by atoms with Crippen LogP contribution in [-0.2, 0) is 6.54 Å². The molecule has 0 unspecified atom stereocenters. The minimum absolute atomic E-state index is 0.384. The van der Waals surface area contributed by atoms with E-state index in [-0.39, 0.29) is 0 Å². The highest BCUT2D eigenvalue weighted by atomic mass is 35.5. The molecule has 2 aromatic rings. The number of rotatable bonds is 4. The van der Waals surface area contributed by atoms with Gasteiger partial charge in [0.25, 0.3) is 0 Å². The van der Waals surface area contributed by atoms with Crippen LogP contribution in [0.1, 0.15) is 30.2 Å². The SMILES string of the molecule is Clc1ccc(CNc2nnc(C3CCNCC3)o2)cc1. The molecule has 2 heterocycles. The molecule has 1 aromatic heterocycles. The molecular weight excluding hydrogens is 276 g/mol. The summed E-state index contributed by atoms with van der Waals surface area (Å²) >= 11 is 5.85. The Labute approximate surface area is 122 Å². The van der Waals surface area contributed by atoms with E-state index in [4.69, 9.17) is 16.0 Å². The highest BCUT2D eigenvalue weighted by Gasteiger charge is 2.20. The van der Waals surface area contributed by atoms with Crippen molar-refractivity contribution in [2.24, 2.45) is 0 Å². The van der Waals surface area contributed by atoms with Crippen LogP contribution in [0.4, 0.5) is 6.01 Å². The topological polar surface area (TPSA) is 63.0 Å². The third-order valence-electron chi connectivity index (χ3n) is 3.49. The molecule has 0 radical (unpaired) electrons. The van der Waals surface area contributed by atoms with E-state index in [9.17, 15) is 0 Å². The van der Waals surface area contributed by atoms with Gasteiger partial charge in [0.15, 0.2) is 0 Å². The summed E-state index contributed by atoms with van der Waals surface area (Å²) in [6.07, 6.45) is 2.11. The Hall–Kier alpha value is -1.59. The predicted octanol–water partition coefficient (Wildman–Crippen LogP) is 2.80. The van der Waals surface area contributed by atoms with Gasteiger partial charge in [-0.15, -0.1) is 5.10 Å². The lowest BCUT2D eigenvalue weighted by molar-refractivity contribution is 0.378. The van der Waals surface area contributed by atoms with Crippen LogP contribution in [0.15, 0.2) is 28.7 Å². The highest BCUT2D eigenvalue weighted by molar-refractivity contribution is 6.30. The molecule has 0 bridgehead atoms. The van der Waals surface area contributed by atoms with Gasteiger partial charge in [0.2, 0.25) is 5.89 Å². The maximum Gasteiger partial charge on any atom is 0.315 e. The number of aromatic nitrogens is 2. The van der Waals surface area contributed by atoms with E-state index in [0.29, 0.717) is 18.5 Å². The molecule has 2 N–H and O–H groups in total. The number of hydrogen-bond acceptors (Lipinski definition) is 5. The van der Waals surface area contributed by atoms with Crippen LogP contribution >= 0.6 is 11.6 Å². The second-order valence-electron chi connectivity index (χ2n) is 4.95. The molecule has 3 rings (SSSR count). The van der Waals surface area contributed by atoms with Crippen LogP contribution in [0.5, 0.6) is 0 Å². The molecule has 0 spiro atoms. The maximum absolute atomic E-state index is 5.85. The van der Waals surface area contributed by atoms with E-state index in [1.54, 1.807) is 0 Å². The number of benzene rings is 1. The zero-order valence-electron chi connectivity index (χ0n) is 11.1. The number of nitrogens with zero attached hydrogens (tertiary/aromatic N) is 2. The van der Waals surface area contributed by atoms with E-state index in [1.165, 1.54) is 0 Å². The molecule has 106 valence electrons. The smallest absolute Gasteiger partial charge is 0.315 e. The van der Waals surface area contributed by atoms with Crippen molar-refractivity contribution < 1.29 is 4.42 Å². The first kappa shape index (κ1) is 13.4. The normalized spacial score (nSPS) is 16.2. The molecule has 0 amide bonds. The first-order valence-corrected chi connectivity index (χ1v) is 7.21. The van der Waals surface area contributed by atoms with Crippen LogP contribution < -0.4 is 10.6 Å². The van der Waals surface area contributed by atoms with Crippen molar-refractivity contribution in [3.8, 4) is 0 Å². The number of piperidine rings is 1. The number of hydrogen-bond donors (Lipinski definition) is 2. The minimum Gasteiger partial charge on any atom is -0.408 e. The molecule has 1 saturated heterocycles. The quantitative estimate of drug-likeness (QED) is 0.907. The number of nitrogens with one attached hydrogen (secondary N) is 2. The Balaban J connectivity index is 1.58. The van der Waals surface area contributed by atoms with Gasteiger partial charge >= 0.3 is 6.01 Å². The monoisotopic (exact) mass is 292 g/mol. The fourth-order valence-corrected chi connectivity index (χ4v) is 2.45. The van der Waals surface area contributed by atoms with Crippen molar-refractivity contribution in [1.29, 1.82) is 0 Å². The summed E-state index contributed by atoms with van der Waals surface area (Å²) in [6, 6.07) is 8.16. The first-order chi connectivity index (χ1) is 9.81. The van der Waals surface area contributed by atoms with E-state index < -0.39 is 0 Å². The molecule has 1 aromatic carbocycles. The van der Waals surface area contributed by atoms with Crippen molar-refractivity contribution in [3.05, 3.63) is 40.7 Å². The average Bonchev–Trinajstić information content (AvgIpc) is 2.97. The van der Waals surface area contributed by atoms with Crippen LogP contribution in [0.25, 0.3) is 0 Å². The molecule has 5 nitrogen and oxygen atoms in total. The van der Waals surface area contributed by atoms with Crippen LogP contribution in [0.3, 0.4) is 0 Å². The molecule has 20 heavy (non-hydrogen) atoms. The second kappa shape index (κ2) is 6.24. The van der Waals surface area contributed by atoms with Crippen molar-refractivity contribution in [2.75, 3.05) is 18.4 Å². The van der Waals surface area contributed by atoms with Crippen molar-refractivity contribution in [2.45, 2.75) is 25.3 Å². The van der Waals surface area contributed by atoms with Gasteiger partial charge in [-0.1, -0.05) is 28.8 Å². The van der Waals surface area contributed by atoms with E-state index in [2.05, 4.69) is 20.8 Å². The molecule has 0 aliphatic carbocycles. The molecule has 6 heteroatoms. The Morgan fingerprint density at radius 3 is 2.70 bits per heavy atom. The molecule has 1 fully saturated rings. The Kier molecular flexibility index (Phi) is 4.18. The summed E-state index contributed by atoms with van der Waals surface area (Å²) in [4.78, 5) is 0. The van der Waals surface area contributed by atoms with Crippen molar-refractivity contribution >= 4 is 17.6 Å². The standard InChI is InChI=1S/C14H17ClN4O/c15-12-3-1-10(2-4-12)9-17-14-19-18-13(20-14)11-5-7-16-8-6-11/h1-4,11,16H,5-9H2,(H,17,19). The lowest BCUT2D eigenvalue weighted by Crippen LogP contribution is -2.26. The van der Waals surface area contributed by atoms with E-state index in [1.807, 2.05) is 24.3 Å². The summed E-state index contributed by atoms with van der Waals surface area (Å²) in [6.45, 7) is 2.67.